The van der Waals surface area contributed by atoms with Crippen molar-refractivity contribution in [1.29, 1.82) is 0 Å². The van der Waals surface area contributed by atoms with Crippen molar-refractivity contribution in [3.8, 4) is 0 Å². The lowest BCUT2D eigenvalue weighted by Gasteiger charge is -2.33. The lowest BCUT2D eigenvalue weighted by Crippen LogP contribution is -2.48. The minimum absolute atomic E-state index is 0.0831. The van der Waals surface area contributed by atoms with Crippen molar-refractivity contribution in [1.82, 2.24) is 0 Å². The van der Waals surface area contributed by atoms with E-state index in [0.29, 0.717) is 11.4 Å². The van der Waals surface area contributed by atoms with Crippen LogP contribution in [0, 0.1) is 0 Å². The number of carbonyl (C=O) groups excluding carboxylic acids is 1. The molecule has 1 aliphatic carbocycles. The van der Waals surface area contributed by atoms with Gasteiger partial charge in [0.2, 0.25) is 11.7 Å². The van der Waals surface area contributed by atoms with Crippen LogP contribution in [0.15, 0.2) is 10.7 Å². The zero-order valence-electron chi connectivity index (χ0n) is 8.61. The summed E-state index contributed by atoms with van der Waals surface area (Å²) in [5.41, 5.74) is 0.341. The average molecular weight is 222 g/mol. The van der Waals surface area contributed by atoms with Gasteiger partial charge in [0.1, 0.15) is 23.2 Å². The monoisotopic (exact) mass is 222 g/mol. The van der Waals surface area contributed by atoms with Gasteiger partial charge in [-0.3, -0.25) is 4.79 Å². The van der Waals surface area contributed by atoms with Crippen LogP contribution in [0.25, 0.3) is 0 Å². The van der Waals surface area contributed by atoms with Crippen molar-refractivity contribution >= 4 is 23.3 Å². The molecule has 1 aromatic heterocycles. The van der Waals surface area contributed by atoms with Gasteiger partial charge in [-0.25, -0.2) is 4.79 Å². The molecule has 1 fully saturated rings. The van der Waals surface area contributed by atoms with Gasteiger partial charge in [0.05, 0.1) is 0 Å². The second-order valence-corrected chi connectivity index (χ2v) is 4.18. The molecule has 2 aliphatic rings. The van der Waals surface area contributed by atoms with E-state index in [1.165, 1.54) is 6.26 Å². The second-order valence-electron chi connectivity index (χ2n) is 4.18. The van der Waals surface area contributed by atoms with E-state index in [2.05, 4.69) is 5.32 Å². The average Bonchev–Trinajstić information content (AvgIpc) is 2.91. The third kappa shape index (κ3) is 0.911. The molecule has 1 aliphatic heterocycles. The zero-order chi connectivity index (χ0) is 11.5. The molecule has 0 bridgehead atoms. The van der Waals surface area contributed by atoms with E-state index in [4.69, 9.17) is 9.52 Å². The maximum Gasteiger partial charge on any atom is 0.374 e. The van der Waals surface area contributed by atoms with Crippen molar-refractivity contribution in [2.45, 2.75) is 18.4 Å². The Bertz CT molecular complexity index is 501. The van der Waals surface area contributed by atoms with Crippen molar-refractivity contribution < 1.29 is 19.1 Å². The molecule has 2 N–H and O–H groups in total. The SMILES string of the molecule is CN1c2c(coc2C(=O)O)NC(=O)C12CC2. The number of likely N-dealkylation sites (N-methyl/N-ethyl adjacent to an activating group) is 1. The number of rotatable bonds is 1. The predicted octanol–water partition coefficient (Wildman–Crippen LogP) is 0.899. The Hall–Kier alpha value is -1.98. The Balaban J connectivity index is 2.16. The first-order chi connectivity index (χ1) is 7.56. The second kappa shape index (κ2) is 2.58. The van der Waals surface area contributed by atoms with Crippen molar-refractivity contribution in [2.75, 3.05) is 17.3 Å². The van der Waals surface area contributed by atoms with E-state index in [0.717, 1.165) is 12.8 Å². The molecule has 0 aromatic carbocycles. The van der Waals surface area contributed by atoms with Crippen LogP contribution in [0.5, 0.6) is 0 Å². The van der Waals surface area contributed by atoms with Gasteiger partial charge in [0.25, 0.3) is 0 Å². The summed E-state index contributed by atoms with van der Waals surface area (Å²) in [7, 11) is 1.73. The van der Waals surface area contributed by atoms with E-state index < -0.39 is 11.5 Å². The van der Waals surface area contributed by atoms with Gasteiger partial charge in [-0.15, -0.1) is 0 Å². The maximum absolute atomic E-state index is 11.8. The van der Waals surface area contributed by atoms with Gasteiger partial charge in [-0.05, 0) is 12.8 Å². The Morgan fingerprint density at radius 1 is 1.62 bits per heavy atom. The Kier molecular flexibility index (Phi) is 1.49. The number of furan rings is 1. The van der Waals surface area contributed by atoms with Crippen LogP contribution in [0.3, 0.4) is 0 Å². The molecule has 1 aromatic rings. The lowest BCUT2D eigenvalue weighted by atomic mass is 10.1. The van der Waals surface area contributed by atoms with Crippen molar-refractivity contribution in [3.63, 3.8) is 0 Å². The number of amides is 1. The van der Waals surface area contributed by atoms with Gasteiger partial charge in [0, 0.05) is 7.05 Å². The molecule has 1 amide bonds. The van der Waals surface area contributed by atoms with Crippen LogP contribution >= 0.6 is 0 Å². The molecule has 3 rings (SSSR count). The first kappa shape index (κ1) is 9.26. The molecule has 2 heterocycles. The fourth-order valence-corrected chi connectivity index (χ4v) is 2.21. The fourth-order valence-electron chi connectivity index (χ4n) is 2.21. The molecule has 16 heavy (non-hydrogen) atoms. The minimum Gasteiger partial charge on any atom is -0.475 e. The van der Waals surface area contributed by atoms with Gasteiger partial charge in [-0.2, -0.15) is 0 Å². The highest BCUT2D eigenvalue weighted by Gasteiger charge is 2.57. The number of aromatic carboxylic acids is 1. The third-order valence-electron chi connectivity index (χ3n) is 3.33. The molecule has 6 nitrogen and oxygen atoms in total. The number of anilines is 2. The number of carboxylic acids is 1. The highest BCUT2D eigenvalue weighted by atomic mass is 16.4. The van der Waals surface area contributed by atoms with Crippen molar-refractivity contribution in [2.24, 2.45) is 0 Å². The zero-order valence-corrected chi connectivity index (χ0v) is 8.61. The smallest absolute Gasteiger partial charge is 0.374 e. The number of nitrogens with zero attached hydrogens (tertiary/aromatic N) is 1. The van der Waals surface area contributed by atoms with E-state index >= 15 is 0 Å². The van der Waals surface area contributed by atoms with E-state index in [1.54, 1.807) is 11.9 Å². The summed E-state index contributed by atoms with van der Waals surface area (Å²) >= 11 is 0. The summed E-state index contributed by atoms with van der Waals surface area (Å²) in [5, 5.41) is 11.7. The Morgan fingerprint density at radius 3 is 2.88 bits per heavy atom. The summed E-state index contributed by atoms with van der Waals surface area (Å²) in [5.74, 6) is -1.33. The highest BCUT2D eigenvalue weighted by Crippen LogP contribution is 2.50. The normalized spacial score (nSPS) is 20.6. The highest BCUT2D eigenvalue weighted by molar-refractivity contribution is 6.11. The van der Waals surface area contributed by atoms with E-state index in [9.17, 15) is 9.59 Å². The summed E-state index contributed by atoms with van der Waals surface area (Å²) in [6.07, 6.45) is 2.76. The minimum atomic E-state index is -1.12. The number of hydrogen-bond acceptors (Lipinski definition) is 4. The third-order valence-corrected chi connectivity index (χ3v) is 3.33. The van der Waals surface area contributed by atoms with Crippen LogP contribution in [0.4, 0.5) is 11.4 Å². The first-order valence-corrected chi connectivity index (χ1v) is 4.96. The predicted molar refractivity (Wildman–Crippen MR) is 54.7 cm³/mol. The fraction of sp³-hybridized carbons (Fsp3) is 0.400. The largest absolute Gasteiger partial charge is 0.475 e. The van der Waals surface area contributed by atoms with Crippen LogP contribution in [-0.2, 0) is 4.79 Å². The van der Waals surface area contributed by atoms with Crippen LogP contribution < -0.4 is 10.2 Å². The molecule has 84 valence electrons. The summed E-state index contributed by atoms with van der Waals surface area (Å²) in [6, 6.07) is 0. The van der Waals surface area contributed by atoms with E-state index in [1.807, 2.05) is 0 Å². The van der Waals surface area contributed by atoms with E-state index in [-0.39, 0.29) is 11.7 Å². The Labute approximate surface area is 90.8 Å². The standard InChI is InChI=1S/C10H10N2O4/c1-12-6-5(4-16-7(6)8(13)14)11-9(15)10(12)2-3-10/h4H,2-3H2,1H3,(H,11,15)(H,13,14). The van der Waals surface area contributed by atoms with Crippen molar-refractivity contribution in [3.05, 3.63) is 12.0 Å². The number of nitrogens with one attached hydrogen (secondary N) is 1. The lowest BCUT2D eigenvalue weighted by molar-refractivity contribution is -0.118. The molecule has 6 heteroatoms. The van der Waals surface area contributed by atoms with Gasteiger partial charge in [-0.1, -0.05) is 0 Å². The topological polar surface area (TPSA) is 82.8 Å². The van der Waals surface area contributed by atoms with Crippen LogP contribution in [0.2, 0.25) is 0 Å². The van der Waals surface area contributed by atoms with Gasteiger partial charge in [0.15, 0.2) is 0 Å². The molecule has 0 radical (unpaired) electrons. The van der Waals surface area contributed by atoms with Crippen LogP contribution in [0.1, 0.15) is 23.4 Å². The Morgan fingerprint density at radius 2 is 2.31 bits per heavy atom. The quantitative estimate of drug-likeness (QED) is 0.737. The summed E-state index contributed by atoms with van der Waals surface area (Å²) in [4.78, 5) is 24.5. The number of hydrogen-bond donors (Lipinski definition) is 2. The number of carboxylic acid groups (broad SMARTS) is 1. The first-order valence-electron chi connectivity index (χ1n) is 4.96. The molecular formula is C10H10N2O4. The summed E-state index contributed by atoms with van der Waals surface area (Å²) in [6.45, 7) is 0. The molecule has 1 saturated carbocycles. The number of fused-ring (bicyclic) bond motifs is 1. The molecule has 0 saturated heterocycles. The van der Waals surface area contributed by atoms with Gasteiger partial charge >= 0.3 is 5.97 Å². The molecule has 0 atom stereocenters. The number of carbonyl (C=O) groups is 2. The molecule has 0 unspecified atom stereocenters. The van der Waals surface area contributed by atoms with Gasteiger partial charge < -0.3 is 19.7 Å². The summed E-state index contributed by atoms with van der Waals surface area (Å²) < 4.78 is 4.96. The maximum atomic E-state index is 11.8. The van der Waals surface area contributed by atoms with Crippen LogP contribution in [-0.4, -0.2) is 29.6 Å². The molecular weight excluding hydrogens is 212 g/mol. The molecule has 1 spiro atoms.